The van der Waals surface area contributed by atoms with E-state index in [0.717, 1.165) is 16.9 Å². The SMILES string of the molecule is C=C(C=Cc1oc(C(=O)Nc2ccc(N3CC[N+](C)(C(=O)Nc4ccccc4F)CC3)nc2)c(C)c1C)c1ccc(F)cc1. The highest BCUT2D eigenvalue weighted by Crippen LogP contribution is 2.26. The number of halogens is 2. The average molecular weight is 599 g/mol. The smallest absolute Gasteiger partial charge is 0.420 e. The van der Waals surface area contributed by atoms with Gasteiger partial charge in [0.05, 0.1) is 37.7 Å². The summed E-state index contributed by atoms with van der Waals surface area (Å²) in [5, 5.41) is 5.54. The van der Waals surface area contributed by atoms with Gasteiger partial charge in [0.1, 0.15) is 36.3 Å². The molecule has 4 aromatic rings. The zero-order valence-corrected chi connectivity index (χ0v) is 24.9. The van der Waals surface area contributed by atoms with E-state index in [0.29, 0.717) is 48.8 Å². The van der Waals surface area contributed by atoms with E-state index < -0.39 is 11.7 Å². The van der Waals surface area contributed by atoms with Crippen molar-refractivity contribution >= 4 is 40.8 Å². The van der Waals surface area contributed by atoms with Crippen LogP contribution in [0.5, 0.6) is 0 Å². The number of anilines is 3. The molecule has 226 valence electrons. The summed E-state index contributed by atoms with van der Waals surface area (Å²) in [6.07, 6.45) is 5.09. The molecule has 1 aliphatic rings. The molecule has 10 heteroatoms. The van der Waals surface area contributed by atoms with E-state index in [-0.39, 0.29) is 27.8 Å². The van der Waals surface area contributed by atoms with Crippen LogP contribution in [0.3, 0.4) is 0 Å². The van der Waals surface area contributed by atoms with Crippen LogP contribution in [0, 0.1) is 25.5 Å². The Morgan fingerprint density at radius 1 is 0.977 bits per heavy atom. The van der Waals surface area contributed by atoms with Gasteiger partial charge in [0.15, 0.2) is 5.76 Å². The second-order valence-corrected chi connectivity index (χ2v) is 11.0. The maximum Gasteiger partial charge on any atom is 0.420 e. The van der Waals surface area contributed by atoms with Gasteiger partial charge >= 0.3 is 6.03 Å². The lowest BCUT2D eigenvalue weighted by atomic mass is 10.1. The maximum absolute atomic E-state index is 14.0. The molecule has 2 N–H and O–H groups in total. The van der Waals surface area contributed by atoms with E-state index in [9.17, 15) is 18.4 Å². The van der Waals surface area contributed by atoms with Crippen LogP contribution in [0.4, 0.5) is 30.8 Å². The molecule has 0 radical (unpaired) electrons. The zero-order valence-electron chi connectivity index (χ0n) is 24.9. The highest BCUT2D eigenvalue weighted by molar-refractivity contribution is 6.03. The van der Waals surface area contributed by atoms with Gasteiger partial charge in [0.25, 0.3) is 5.91 Å². The van der Waals surface area contributed by atoms with Gasteiger partial charge in [0.2, 0.25) is 0 Å². The lowest BCUT2D eigenvalue weighted by Crippen LogP contribution is -2.61. The lowest BCUT2D eigenvalue weighted by molar-refractivity contribution is -0.828. The van der Waals surface area contributed by atoms with Gasteiger partial charge in [-0.05, 0) is 73.0 Å². The number of nitrogens with zero attached hydrogens (tertiary/aromatic N) is 3. The number of aromatic nitrogens is 1. The first kappa shape index (κ1) is 30.4. The van der Waals surface area contributed by atoms with Gasteiger partial charge in [-0.3, -0.25) is 10.1 Å². The molecule has 1 saturated heterocycles. The number of urea groups is 1. The normalized spacial score (nSPS) is 14.4. The van der Waals surface area contributed by atoms with Crippen molar-refractivity contribution in [3.05, 3.63) is 119 Å². The summed E-state index contributed by atoms with van der Waals surface area (Å²) in [5.74, 6) is 0.263. The minimum absolute atomic E-state index is 0.123. The van der Waals surface area contributed by atoms with Gasteiger partial charge in [-0.1, -0.05) is 36.9 Å². The third-order valence-corrected chi connectivity index (χ3v) is 8.00. The second kappa shape index (κ2) is 12.6. The Labute approximate surface area is 254 Å². The minimum Gasteiger partial charge on any atom is -0.451 e. The first-order valence-electron chi connectivity index (χ1n) is 14.2. The standard InChI is InChI=1S/C34H33F2N5O3/c1-22(25-10-12-26(35)13-11-25)9-15-30-23(2)24(3)32(44-30)33(42)38-27-14-16-31(37-21-27)40-17-19-41(4,20-18-40)34(43)39-29-8-6-5-7-28(29)36/h5-16,21H,1,17-20H2,2-4H3,(H-,38,39,42,43)/p+1. The summed E-state index contributed by atoms with van der Waals surface area (Å²) in [4.78, 5) is 32.6. The molecule has 0 unspecified atom stereocenters. The fourth-order valence-corrected chi connectivity index (χ4v) is 4.92. The molecule has 3 amide bonds. The van der Waals surface area contributed by atoms with Crippen molar-refractivity contribution in [1.82, 2.24) is 4.98 Å². The van der Waals surface area contributed by atoms with Crippen LogP contribution in [0.2, 0.25) is 0 Å². The fraction of sp³-hybridized carbons (Fsp3) is 0.206. The van der Waals surface area contributed by atoms with Crippen molar-refractivity contribution in [2.45, 2.75) is 13.8 Å². The van der Waals surface area contributed by atoms with Gasteiger partial charge in [-0.25, -0.2) is 23.0 Å². The molecule has 0 saturated carbocycles. The number of amides is 3. The molecule has 3 heterocycles. The molecule has 8 nitrogen and oxygen atoms in total. The van der Waals surface area contributed by atoms with E-state index in [1.54, 1.807) is 54.7 Å². The van der Waals surface area contributed by atoms with Crippen LogP contribution < -0.4 is 15.5 Å². The van der Waals surface area contributed by atoms with Crippen LogP contribution in [-0.2, 0) is 0 Å². The molecule has 5 rings (SSSR count). The highest BCUT2D eigenvalue weighted by Gasteiger charge is 2.37. The summed E-state index contributed by atoms with van der Waals surface area (Å²) in [7, 11) is 1.83. The number of benzene rings is 2. The van der Waals surface area contributed by atoms with Gasteiger partial charge in [-0.2, -0.15) is 0 Å². The molecular formula is C34H34F2N5O3+. The number of rotatable bonds is 7. The zero-order chi connectivity index (χ0) is 31.4. The molecule has 1 fully saturated rings. The summed E-state index contributed by atoms with van der Waals surface area (Å²) < 4.78 is 33.3. The van der Waals surface area contributed by atoms with Crippen molar-refractivity contribution in [2.75, 3.05) is 48.8 Å². The summed E-state index contributed by atoms with van der Waals surface area (Å²) in [6, 6.07) is 15.5. The van der Waals surface area contributed by atoms with E-state index in [1.165, 1.54) is 18.2 Å². The molecule has 2 aromatic carbocycles. The quantitative estimate of drug-likeness (QED) is 0.176. The number of piperazine rings is 1. The first-order chi connectivity index (χ1) is 21.0. The molecule has 44 heavy (non-hydrogen) atoms. The Morgan fingerprint density at radius 2 is 1.68 bits per heavy atom. The summed E-state index contributed by atoms with van der Waals surface area (Å²) >= 11 is 0. The molecule has 2 aromatic heterocycles. The van der Waals surface area contributed by atoms with E-state index in [2.05, 4.69) is 27.1 Å². The Balaban J connectivity index is 1.18. The minimum atomic E-state index is -0.470. The monoisotopic (exact) mass is 598 g/mol. The number of carbonyl (C=O) groups excluding carboxylic acids is 2. The molecule has 0 bridgehead atoms. The van der Waals surface area contributed by atoms with Gasteiger partial charge in [0, 0.05) is 5.56 Å². The van der Waals surface area contributed by atoms with E-state index in [1.807, 2.05) is 27.0 Å². The predicted molar refractivity (Wildman–Crippen MR) is 168 cm³/mol. The van der Waals surface area contributed by atoms with Crippen LogP contribution in [0.25, 0.3) is 11.6 Å². The fourth-order valence-electron chi connectivity index (χ4n) is 4.92. The molecular weight excluding hydrogens is 564 g/mol. The number of pyridine rings is 1. The van der Waals surface area contributed by atoms with Crippen LogP contribution in [0.15, 0.2) is 83.9 Å². The number of likely N-dealkylation sites (N-methyl/N-ethyl adjacent to an activating group) is 1. The van der Waals surface area contributed by atoms with E-state index >= 15 is 0 Å². The number of carbonyl (C=O) groups is 2. The topological polar surface area (TPSA) is 87.5 Å². The Kier molecular flexibility index (Phi) is 8.73. The summed E-state index contributed by atoms with van der Waals surface area (Å²) in [5.41, 5.74) is 3.67. The molecule has 0 aliphatic carbocycles. The second-order valence-electron chi connectivity index (χ2n) is 11.0. The Hall–Kier alpha value is -5.09. The number of quaternary nitrogens is 1. The van der Waals surface area contributed by atoms with Crippen LogP contribution in [-0.4, -0.2) is 54.6 Å². The van der Waals surface area contributed by atoms with Crippen molar-refractivity contribution in [3.8, 4) is 0 Å². The number of para-hydroxylation sites is 1. The third-order valence-electron chi connectivity index (χ3n) is 8.00. The predicted octanol–water partition coefficient (Wildman–Crippen LogP) is 7.05. The maximum atomic E-state index is 14.0. The van der Waals surface area contributed by atoms with Crippen molar-refractivity contribution < 1.29 is 27.3 Å². The van der Waals surface area contributed by atoms with Crippen LogP contribution >= 0.6 is 0 Å². The van der Waals surface area contributed by atoms with E-state index in [4.69, 9.17) is 4.42 Å². The molecule has 0 spiro atoms. The first-order valence-corrected chi connectivity index (χ1v) is 14.2. The average Bonchev–Trinajstić information content (AvgIpc) is 3.31. The van der Waals surface area contributed by atoms with Gasteiger partial charge in [-0.15, -0.1) is 0 Å². The lowest BCUT2D eigenvalue weighted by Gasteiger charge is -2.39. The number of hydrogen-bond acceptors (Lipinski definition) is 5. The molecule has 0 atom stereocenters. The van der Waals surface area contributed by atoms with Gasteiger partial charge < -0.3 is 14.6 Å². The third kappa shape index (κ3) is 6.60. The van der Waals surface area contributed by atoms with Crippen molar-refractivity contribution in [3.63, 3.8) is 0 Å². The summed E-state index contributed by atoms with van der Waals surface area (Å²) in [6.45, 7) is 9.91. The number of allylic oxidation sites excluding steroid dienone is 2. The number of furan rings is 1. The van der Waals surface area contributed by atoms with Crippen molar-refractivity contribution in [1.29, 1.82) is 0 Å². The Bertz CT molecular complexity index is 1720. The van der Waals surface area contributed by atoms with Crippen LogP contribution in [0.1, 0.15) is 33.0 Å². The Morgan fingerprint density at radius 3 is 2.34 bits per heavy atom. The largest absolute Gasteiger partial charge is 0.451 e. The van der Waals surface area contributed by atoms with Crippen molar-refractivity contribution in [2.24, 2.45) is 0 Å². The number of hydrogen-bond donors (Lipinski definition) is 2. The molecule has 1 aliphatic heterocycles. The highest BCUT2D eigenvalue weighted by atomic mass is 19.1. The number of nitrogens with one attached hydrogen (secondary N) is 2.